The molecule has 19 heavy (non-hydrogen) atoms. The number of benzene rings is 1. The van der Waals surface area contributed by atoms with Crippen molar-refractivity contribution in [2.45, 2.75) is 25.7 Å². The third-order valence-electron chi connectivity index (χ3n) is 3.77. The molecule has 1 aliphatic carbocycles. The van der Waals surface area contributed by atoms with Crippen LogP contribution in [0.4, 0.5) is 0 Å². The summed E-state index contributed by atoms with van der Waals surface area (Å²) in [5, 5.41) is 13.6. The zero-order chi connectivity index (χ0) is 13.9. The first-order valence-corrected chi connectivity index (χ1v) is 8.59. The Morgan fingerprint density at radius 2 is 2.11 bits per heavy atom. The van der Waals surface area contributed by atoms with E-state index >= 15 is 0 Å². The molecule has 0 heterocycles. The molecular weight excluding hydrogens is 421 g/mol. The molecule has 2 rings (SSSR count). The lowest BCUT2D eigenvalue weighted by Crippen LogP contribution is -2.37. The Balaban J connectivity index is 2.03. The van der Waals surface area contributed by atoms with Crippen LogP contribution in [0.25, 0.3) is 0 Å². The van der Waals surface area contributed by atoms with E-state index < -0.39 is 0 Å². The monoisotopic (exact) mass is 437 g/mol. The number of phenolic OH excluding ortho intramolecular Hbond substituents is 1. The molecule has 1 saturated carbocycles. The molecule has 0 radical (unpaired) electrons. The second-order valence-corrected chi connectivity index (χ2v) is 6.99. The number of carbonyl (C=O) groups excluding carboxylic acids is 1. The highest BCUT2D eigenvalue weighted by atomic mass is 127. The van der Waals surface area contributed by atoms with Gasteiger partial charge in [-0.15, -0.1) is 0 Å². The van der Waals surface area contributed by atoms with Gasteiger partial charge in [-0.1, -0.05) is 28.8 Å². The lowest BCUT2D eigenvalue weighted by atomic mass is 9.89. The van der Waals surface area contributed by atoms with Gasteiger partial charge < -0.3 is 10.4 Å². The number of carbonyl (C=O) groups is 1. The summed E-state index contributed by atoms with van der Waals surface area (Å²) in [5.74, 6) is -0.152. The van der Waals surface area contributed by atoms with Crippen LogP contribution < -0.4 is 5.32 Å². The first-order valence-electron chi connectivity index (χ1n) is 6.39. The van der Waals surface area contributed by atoms with Crippen LogP contribution in [-0.2, 0) is 0 Å². The lowest BCUT2D eigenvalue weighted by Gasteiger charge is -2.26. The number of hydrogen-bond acceptors (Lipinski definition) is 2. The van der Waals surface area contributed by atoms with Crippen molar-refractivity contribution in [1.82, 2.24) is 5.32 Å². The predicted octanol–water partition coefficient (Wildman–Crippen LogP) is 3.68. The molecule has 1 amide bonds. The molecule has 0 unspecified atom stereocenters. The minimum absolute atomic E-state index is 0.0391. The fourth-order valence-electron chi connectivity index (χ4n) is 2.54. The molecule has 5 heteroatoms. The molecule has 3 nitrogen and oxygen atoms in total. The highest BCUT2D eigenvalue weighted by Crippen LogP contribution is 2.39. The van der Waals surface area contributed by atoms with Gasteiger partial charge in [0, 0.05) is 15.4 Å². The fourth-order valence-corrected chi connectivity index (χ4v) is 3.79. The SMILES string of the molecule is O=C(NCC1(CBr)CCCC1)c1cc(I)ccc1O. The Kier molecular flexibility index (Phi) is 5.11. The molecule has 0 aliphatic heterocycles. The zero-order valence-corrected chi connectivity index (χ0v) is 14.3. The summed E-state index contributed by atoms with van der Waals surface area (Å²) < 4.78 is 0.941. The zero-order valence-electron chi connectivity index (χ0n) is 10.6. The Labute approximate surface area is 135 Å². The fraction of sp³-hybridized carbons (Fsp3) is 0.500. The number of hydrogen-bond donors (Lipinski definition) is 2. The summed E-state index contributed by atoms with van der Waals surface area (Å²) in [5.41, 5.74) is 0.544. The van der Waals surface area contributed by atoms with Crippen LogP contribution in [-0.4, -0.2) is 22.9 Å². The standard InChI is InChI=1S/C14H17BrINO2/c15-8-14(5-1-2-6-14)9-17-13(19)11-7-10(16)3-4-12(11)18/h3-4,7,18H,1-2,5-6,8-9H2,(H,17,19). The lowest BCUT2D eigenvalue weighted by molar-refractivity contribution is 0.0933. The van der Waals surface area contributed by atoms with E-state index in [0.29, 0.717) is 12.1 Å². The third kappa shape index (κ3) is 3.62. The average molecular weight is 438 g/mol. The third-order valence-corrected chi connectivity index (χ3v) is 5.64. The Morgan fingerprint density at radius 1 is 1.42 bits per heavy atom. The maximum absolute atomic E-state index is 12.1. The van der Waals surface area contributed by atoms with E-state index in [0.717, 1.165) is 21.7 Å². The largest absolute Gasteiger partial charge is 0.507 e. The molecule has 1 fully saturated rings. The van der Waals surface area contributed by atoms with Crippen molar-refractivity contribution in [3.8, 4) is 5.75 Å². The molecule has 1 aromatic rings. The van der Waals surface area contributed by atoms with Gasteiger partial charge >= 0.3 is 0 Å². The molecule has 0 saturated heterocycles. The molecular formula is C14H17BrINO2. The predicted molar refractivity (Wildman–Crippen MR) is 87.9 cm³/mol. The first kappa shape index (κ1) is 15.1. The van der Waals surface area contributed by atoms with Gasteiger partial charge in [-0.3, -0.25) is 4.79 Å². The Morgan fingerprint density at radius 3 is 2.74 bits per heavy atom. The van der Waals surface area contributed by atoms with Gasteiger partial charge in [-0.25, -0.2) is 0 Å². The quantitative estimate of drug-likeness (QED) is 0.557. The van der Waals surface area contributed by atoms with Crippen molar-refractivity contribution in [1.29, 1.82) is 0 Å². The first-order chi connectivity index (χ1) is 9.06. The summed E-state index contributed by atoms with van der Waals surface area (Å²) in [6, 6.07) is 5.05. The van der Waals surface area contributed by atoms with Gasteiger partial charge in [0.25, 0.3) is 5.91 Å². The van der Waals surface area contributed by atoms with E-state index in [1.165, 1.54) is 12.8 Å². The summed E-state index contributed by atoms with van der Waals surface area (Å²) in [4.78, 5) is 12.1. The van der Waals surface area contributed by atoms with Crippen LogP contribution in [0.3, 0.4) is 0 Å². The van der Waals surface area contributed by atoms with E-state index in [1.54, 1.807) is 18.2 Å². The maximum atomic E-state index is 12.1. The molecule has 1 aromatic carbocycles. The smallest absolute Gasteiger partial charge is 0.255 e. The van der Waals surface area contributed by atoms with Gasteiger partial charge in [-0.2, -0.15) is 0 Å². The van der Waals surface area contributed by atoms with E-state index in [1.807, 2.05) is 0 Å². The van der Waals surface area contributed by atoms with Crippen molar-refractivity contribution in [2.75, 3.05) is 11.9 Å². The van der Waals surface area contributed by atoms with Crippen molar-refractivity contribution in [3.05, 3.63) is 27.3 Å². The number of phenols is 1. The van der Waals surface area contributed by atoms with Gasteiger partial charge in [0.05, 0.1) is 5.56 Å². The van der Waals surface area contributed by atoms with Crippen molar-refractivity contribution < 1.29 is 9.90 Å². The van der Waals surface area contributed by atoms with Gasteiger partial charge in [0.2, 0.25) is 0 Å². The molecule has 2 N–H and O–H groups in total. The number of halogens is 2. The number of amides is 1. The number of rotatable bonds is 4. The molecule has 104 valence electrons. The van der Waals surface area contributed by atoms with E-state index in [2.05, 4.69) is 43.8 Å². The second kappa shape index (κ2) is 6.43. The summed E-state index contributed by atoms with van der Waals surface area (Å²) >= 11 is 5.70. The van der Waals surface area contributed by atoms with Crippen molar-refractivity contribution in [2.24, 2.45) is 5.41 Å². The summed E-state index contributed by atoms with van der Waals surface area (Å²) in [6.07, 6.45) is 4.76. The number of aromatic hydroxyl groups is 1. The normalized spacial score (nSPS) is 17.4. The second-order valence-electron chi connectivity index (χ2n) is 5.18. The molecule has 0 aromatic heterocycles. The van der Waals surface area contributed by atoms with Gasteiger partial charge in [0.15, 0.2) is 0 Å². The topological polar surface area (TPSA) is 49.3 Å². The van der Waals surface area contributed by atoms with Crippen LogP contribution in [0.2, 0.25) is 0 Å². The summed E-state index contributed by atoms with van der Waals surface area (Å²) in [6.45, 7) is 0.669. The van der Waals surface area contributed by atoms with Gasteiger partial charge in [0.1, 0.15) is 5.75 Å². The van der Waals surface area contributed by atoms with Crippen molar-refractivity contribution in [3.63, 3.8) is 0 Å². The van der Waals surface area contributed by atoms with E-state index in [9.17, 15) is 9.90 Å². The minimum atomic E-state index is -0.191. The van der Waals surface area contributed by atoms with E-state index in [4.69, 9.17) is 0 Å². The Bertz CT molecular complexity index is 473. The average Bonchev–Trinajstić information content (AvgIpc) is 2.88. The van der Waals surface area contributed by atoms with Crippen LogP contribution >= 0.6 is 38.5 Å². The van der Waals surface area contributed by atoms with Crippen LogP contribution in [0, 0.1) is 8.99 Å². The van der Waals surface area contributed by atoms with Crippen LogP contribution in [0.15, 0.2) is 18.2 Å². The Hall–Kier alpha value is -0.300. The summed E-state index contributed by atoms with van der Waals surface area (Å²) in [7, 11) is 0. The molecule has 1 aliphatic rings. The minimum Gasteiger partial charge on any atom is -0.507 e. The number of nitrogens with one attached hydrogen (secondary N) is 1. The molecule has 0 spiro atoms. The number of alkyl halides is 1. The highest BCUT2D eigenvalue weighted by Gasteiger charge is 2.33. The van der Waals surface area contributed by atoms with Crippen molar-refractivity contribution >= 4 is 44.4 Å². The highest BCUT2D eigenvalue weighted by molar-refractivity contribution is 14.1. The van der Waals surface area contributed by atoms with Crippen LogP contribution in [0.1, 0.15) is 36.0 Å². The maximum Gasteiger partial charge on any atom is 0.255 e. The molecule has 0 atom stereocenters. The van der Waals surface area contributed by atoms with Gasteiger partial charge in [-0.05, 0) is 59.0 Å². The molecule has 0 bridgehead atoms. The van der Waals surface area contributed by atoms with E-state index in [-0.39, 0.29) is 17.1 Å². The van der Waals surface area contributed by atoms with Crippen LogP contribution in [0.5, 0.6) is 5.75 Å².